The molecule has 4 heteroatoms. The lowest BCUT2D eigenvalue weighted by molar-refractivity contribution is -0.135. The van der Waals surface area contributed by atoms with E-state index in [-0.39, 0.29) is 6.10 Å². The predicted octanol–water partition coefficient (Wildman–Crippen LogP) is 1.40. The minimum atomic E-state index is 0.265. The van der Waals surface area contributed by atoms with Crippen LogP contribution in [0.2, 0.25) is 0 Å². The van der Waals surface area contributed by atoms with Crippen LogP contribution in [0.25, 0.3) is 0 Å². The van der Waals surface area contributed by atoms with Crippen LogP contribution in [-0.4, -0.2) is 49.7 Å². The van der Waals surface area contributed by atoms with Crippen LogP contribution in [0.5, 0.6) is 0 Å². The highest BCUT2D eigenvalue weighted by molar-refractivity contribution is 5.76. The number of likely N-dealkylation sites (tertiary alicyclic amines) is 1. The minimum absolute atomic E-state index is 0.265. The Morgan fingerprint density at radius 1 is 1.44 bits per heavy atom. The Hall–Kier alpha value is -0.610. The first kappa shape index (κ1) is 13.8. The first-order valence-corrected chi connectivity index (χ1v) is 7.39. The standard InChI is InChI=1S/C14H26N2O2/c1-2-18-13-4-3-9-16(11-13)14(17)6-5-12-7-8-15-10-12/h12-13,15H,2-11H2,1H3. The van der Waals surface area contributed by atoms with Crippen molar-refractivity contribution in [1.82, 2.24) is 10.2 Å². The number of carbonyl (C=O) groups is 1. The quantitative estimate of drug-likeness (QED) is 0.806. The molecule has 2 heterocycles. The maximum atomic E-state index is 12.2. The molecule has 2 fully saturated rings. The summed E-state index contributed by atoms with van der Waals surface area (Å²) in [7, 11) is 0. The Bertz CT molecular complexity index is 263. The molecule has 0 bridgehead atoms. The van der Waals surface area contributed by atoms with Crippen molar-refractivity contribution >= 4 is 5.91 Å². The molecule has 0 radical (unpaired) electrons. The van der Waals surface area contributed by atoms with Gasteiger partial charge in [0, 0.05) is 26.1 Å². The molecule has 0 aromatic heterocycles. The van der Waals surface area contributed by atoms with Crippen LogP contribution in [0.15, 0.2) is 0 Å². The molecular weight excluding hydrogens is 228 g/mol. The van der Waals surface area contributed by atoms with Crippen LogP contribution in [0, 0.1) is 5.92 Å². The highest BCUT2D eigenvalue weighted by Crippen LogP contribution is 2.18. The second-order valence-electron chi connectivity index (χ2n) is 5.46. The molecule has 4 nitrogen and oxygen atoms in total. The molecule has 2 aliphatic heterocycles. The van der Waals surface area contributed by atoms with Gasteiger partial charge in [-0.3, -0.25) is 4.79 Å². The summed E-state index contributed by atoms with van der Waals surface area (Å²) in [4.78, 5) is 14.2. The number of hydrogen-bond donors (Lipinski definition) is 1. The van der Waals surface area contributed by atoms with E-state index in [4.69, 9.17) is 4.74 Å². The number of amides is 1. The summed E-state index contributed by atoms with van der Waals surface area (Å²) in [5, 5.41) is 3.35. The zero-order valence-corrected chi connectivity index (χ0v) is 11.5. The lowest BCUT2D eigenvalue weighted by atomic mass is 10.0. The third kappa shape index (κ3) is 3.95. The predicted molar refractivity (Wildman–Crippen MR) is 71.4 cm³/mol. The molecule has 18 heavy (non-hydrogen) atoms. The van der Waals surface area contributed by atoms with Gasteiger partial charge in [-0.25, -0.2) is 0 Å². The number of ether oxygens (including phenoxy) is 1. The average Bonchev–Trinajstić information content (AvgIpc) is 2.90. The molecule has 0 saturated carbocycles. The first-order chi connectivity index (χ1) is 8.79. The largest absolute Gasteiger partial charge is 0.377 e. The van der Waals surface area contributed by atoms with Crippen molar-refractivity contribution in [3.63, 3.8) is 0 Å². The monoisotopic (exact) mass is 254 g/mol. The van der Waals surface area contributed by atoms with E-state index < -0.39 is 0 Å². The van der Waals surface area contributed by atoms with Crippen LogP contribution in [0.3, 0.4) is 0 Å². The van der Waals surface area contributed by atoms with Gasteiger partial charge in [-0.15, -0.1) is 0 Å². The molecule has 0 aromatic carbocycles. The van der Waals surface area contributed by atoms with Crippen molar-refractivity contribution in [1.29, 1.82) is 0 Å². The Morgan fingerprint density at radius 3 is 3.06 bits per heavy atom. The molecule has 0 aromatic rings. The minimum Gasteiger partial charge on any atom is -0.377 e. The van der Waals surface area contributed by atoms with Gasteiger partial charge >= 0.3 is 0 Å². The summed E-state index contributed by atoms with van der Waals surface area (Å²) < 4.78 is 5.64. The number of piperidine rings is 1. The van der Waals surface area contributed by atoms with Gasteiger partial charge in [0.1, 0.15) is 0 Å². The third-order valence-corrected chi connectivity index (χ3v) is 4.06. The summed E-state index contributed by atoms with van der Waals surface area (Å²) in [5.41, 5.74) is 0. The normalized spacial score (nSPS) is 28.6. The molecule has 0 aliphatic carbocycles. The number of nitrogens with zero attached hydrogens (tertiary/aromatic N) is 1. The van der Waals surface area contributed by atoms with E-state index in [1.165, 1.54) is 6.42 Å². The molecule has 104 valence electrons. The highest BCUT2D eigenvalue weighted by atomic mass is 16.5. The number of rotatable bonds is 5. The molecule has 1 N–H and O–H groups in total. The van der Waals surface area contributed by atoms with E-state index in [9.17, 15) is 4.79 Å². The SMILES string of the molecule is CCOC1CCCN(C(=O)CCC2CCNC2)C1. The van der Waals surface area contributed by atoms with Crippen LogP contribution < -0.4 is 5.32 Å². The number of carbonyl (C=O) groups excluding carboxylic acids is 1. The second kappa shape index (κ2) is 7.10. The maximum absolute atomic E-state index is 12.2. The molecular formula is C14H26N2O2. The van der Waals surface area contributed by atoms with Gasteiger partial charge < -0.3 is 15.0 Å². The zero-order chi connectivity index (χ0) is 12.8. The van der Waals surface area contributed by atoms with Gasteiger partial charge in [0.15, 0.2) is 0 Å². The molecule has 2 atom stereocenters. The van der Waals surface area contributed by atoms with Crippen LogP contribution in [-0.2, 0) is 9.53 Å². The molecule has 2 saturated heterocycles. The van der Waals surface area contributed by atoms with E-state index in [1.807, 2.05) is 11.8 Å². The van der Waals surface area contributed by atoms with Crippen LogP contribution >= 0.6 is 0 Å². The van der Waals surface area contributed by atoms with Crippen LogP contribution in [0.4, 0.5) is 0 Å². The molecule has 2 rings (SSSR count). The third-order valence-electron chi connectivity index (χ3n) is 4.06. The summed E-state index contributed by atoms with van der Waals surface area (Å²) in [5.74, 6) is 1.03. The van der Waals surface area contributed by atoms with Gasteiger partial charge in [-0.1, -0.05) is 0 Å². The molecule has 1 amide bonds. The van der Waals surface area contributed by atoms with Crippen molar-refractivity contribution < 1.29 is 9.53 Å². The average molecular weight is 254 g/mol. The zero-order valence-electron chi connectivity index (χ0n) is 11.5. The fourth-order valence-electron chi connectivity index (χ4n) is 2.98. The van der Waals surface area contributed by atoms with E-state index in [2.05, 4.69) is 5.32 Å². The lowest BCUT2D eigenvalue weighted by Crippen LogP contribution is -2.43. The van der Waals surface area contributed by atoms with Gasteiger partial charge in [-0.05, 0) is 51.6 Å². The Kier molecular flexibility index (Phi) is 5.45. The summed E-state index contributed by atoms with van der Waals surface area (Å²) in [6, 6.07) is 0. The van der Waals surface area contributed by atoms with Crippen molar-refractivity contribution in [3.8, 4) is 0 Å². The van der Waals surface area contributed by atoms with Crippen molar-refractivity contribution in [3.05, 3.63) is 0 Å². The van der Waals surface area contributed by atoms with Gasteiger partial charge in [-0.2, -0.15) is 0 Å². The van der Waals surface area contributed by atoms with Crippen molar-refractivity contribution in [2.45, 2.75) is 45.1 Å². The summed E-state index contributed by atoms with van der Waals surface area (Å²) in [6.07, 6.45) is 5.44. The molecule has 0 spiro atoms. The fraction of sp³-hybridized carbons (Fsp3) is 0.929. The summed E-state index contributed by atoms with van der Waals surface area (Å²) >= 11 is 0. The van der Waals surface area contributed by atoms with Gasteiger partial charge in [0.2, 0.25) is 5.91 Å². The Balaban J connectivity index is 1.70. The fourth-order valence-corrected chi connectivity index (χ4v) is 2.98. The number of hydrogen-bond acceptors (Lipinski definition) is 3. The van der Waals surface area contributed by atoms with E-state index in [1.54, 1.807) is 0 Å². The Labute approximate surface area is 110 Å². The molecule has 2 aliphatic rings. The highest BCUT2D eigenvalue weighted by Gasteiger charge is 2.24. The lowest BCUT2D eigenvalue weighted by Gasteiger charge is -2.32. The van der Waals surface area contributed by atoms with Crippen molar-refractivity contribution in [2.24, 2.45) is 5.92 Å². The van der Waals surface area contributed by atoms with Crippen molar-refractivity contribution in [2.75, 3.05) is 32.8 Å². The maximum Gasteiger partial charge on any atom is 0.222 e. The first-order valence-electron chi connectivity index (χ1n) is 7.39. The smallest absolute Gasteiger partial charge is 0.222 e. The van der Waals surface area contributed by atoms with E-state index >= 15 is 0 Å². The Morgan fingerprint density at radius 2 is 2.33 bits per heavy atom. The molecule has 2 unspecified atom stereocenters. The van der Waals surface area contributed by atoms with E-state index in [0.29, 0.717) is 18.2 Å². The number of nitrogens with one attached hydrogen (secondary N) is 1. The van der Waals surface area contributed by atoms with Crippen LogP contribution in [0.1, 0.15) is 39.0 Å². The van der Waals surface area contributed by atoms with Gasteiger partial charge in [0.05, 0.1) is 6.10 Å². The van der Waals surface area contributed by atoms with Gasteiger partial charge in [0.25, 0.3) is 0 Å². The second-order valence-corrected chi connectivity index (χ2v) is 5.46. The summed E-state index contributed by atoms with van der Waals surface area (Å²) in [6.45, 7) is 6.71. The van der Waals surface area contributed by atoms with E-state index in [0.717, 1.165) is 52.0 Å². The topological polar surface area (TPSA) is 41.6 Å².